The van der Waals surface area contributed by atoms with E-state index in [0.29, 0.717) is 5.82 Å². The molecule has 0 fully saturated rings. The van der Waals surface area contributed by atoms with Crippen LogP contribution in [0.1, 0.15) is 21.7 Å². The molecular formula is C16H13N3O4. The van der Waals surface area contributed by atoms with Gasteiger partial charge in [-0.3, -0.25) is 10.1 Å². The number of hydrogen-bond acceptors (Lipinski definition) is 5. The Morgan fingerprint density at radius 2 is 2.09 bits per heavy atom. The molecule has 0 saturated heterocycles. The summed E-state index contributed by atoms with van der Waals surface area (Å²) in [6.07, 6.45) is 0. The average Bonchev–Trinajstić information content (AvgIpc) is 2.95. The van der Waals surface area contributed by atoms with Gasteiger partial charge in [0.05, 0.1) is 16.0 Å². The highest BCUT2D eigenvalue weighted by molar-refractivity contribution is 5.94. The van der Waals surface area contributed by atoms with E-state index in [-0.39, 0.29) is 17.9 Å². The quantitative estimate of drug-likeness (QED) is 0.453. The molecule has 0 bridgehead atoms. The first-order chi connectivity index (χ1) is 11.0. The van der Waals surface area contributed by atoms with Crippen LogP contribution in [-0.4, -0.2) is 20.9 Å². The Kier molecular flexibility index (Phi) is 3.76. The monoisotopic (exact) mass is 311 g/mol. The molecule has 3 aromatic rings. The van der Waals surface area contributed by atoms with Gasteiger partial charge >= 0.3 is 5.97 Å². The van der Waals surface area contributed by atoms with E-state index in [0.717, 1.165) is 16.6 Å². The normalized spacial score (nSPS) is 10.7. The molecule has 1 heterocycles. The molecule has 0 spiro atoms. The van der Waals surface area contributed by atoms with Crippen molar-refractivity contribution in [3.63, 3.8) is 0 Å². The zero-order valence-electron chi connectivity index (χ0n) is 12.3. The number of ether oxygens (including phenoxy) is 1. The number of rotatable bonds is 4. The number of aromatic nitrogens is 2. The van der Waals surface area contributed by atoms with Crippen molar-refractivity contribution in [3.05, 3.63) is 69.5 Å². The Balaban J connectivity index is 1.79. The zero-order valence-corrected chi connectivity index (χ0v) is 12.3. The first-order valence-electron chi connectivity index (χ1n) is 6.90. The number of H-pyrrole nitrogens is 1. The van der Waals surface area contributed by atoms with Gasteiger partial charge in [0.2, 0.25) is 0 Å². The fraction of sp³-hybridized carbons (Fsp3) is 0.125. The molecule has 3 rings (SSSR count). The van der Waals surface area contributed by atoms with Gasteiger partial charge in [-0.05, 0) is 30.7 Å². The number of nitrogens with one attached hydrogen (secondary N) is 1. The largest absolute Gasteiger partial charge is 0.454 e. The van der Waals surface area contributed by atoms with Gasteiger partial charge in [-0.2, -0.15) is 0 Å². The fourth-order valence-electron chi connectivity index (χ4n) is 2.26. The van der Waals surface area contributed by atoms with Crippen LogP contribution in [0.2, 0.25) is 0 Å². The second-order valence-corrected chi connectivity index (χ2v) is 5.05. The number of para-hydroxylation sites is 2. The van der Waals surface area contributed by atoms with E-state index in [9.17, 15) is 14.9 Å². The first-order valence-corrected chi connectivity index (χ1v) is 6.90. The molecule has 0 amide bonds. The van der Waals surface area contributed by atoms with Crippen molar-refractivity contribution in [1.29, 1.82) is 0 Å². The zero-order chi connectivity index (χ0) is 16.4. The number of imidazole rings is 1. The van der Waals surface area contributed by atoms with Crippen LogP contribution in [0, 0.1) is 17.0 Å². The highest BCUT2D eigenvalue weighted by atomic mass is 16.6. The molecule has 1 aromatic heterocycles. The Hall–Kier alpha value is -3.22. The van der Waals surface area contributed by atoms with Crippen LogP contribution >= 0.6 is 0 Å². The van der Waals surface area contributed by atoms with Crippen LogP contribution in [0.4, 0.5) is 5.69 Å². The number of esters is 1. The van der Waals surface area contributed by atoms with Crippen molar-refractivity contribution in [2.24, 2.45) is 0 Å². The lowest BCUT2D eigenvalue weighted by Gasteiger charge is -2.04. The second kappa shape index (κ2) is 5.88. The predicted octanol–water partition coefficient (Wildman–Crippen LogP) is 3.14. The van der Waals surface area contributed by atoms with Crippen LogP contribution in [0.15, 0.2) is 42.5 Å². The molecule has 0 radical (unpaired) electrons. The van der Waals surface area contributed by atoms with Crippen molar-refractivity contribution >= 4 is 22.7 Å². The molecule has 0 aliphatic carbocycles. The third-order valence-corrected chi connectivity index (χ3v) is 3.35. The number of aryl methyl sites for hydroxylation is 1. The van der Waals surface area contributed by atoms with Crippen molar-refractivity contribution in [1.82, 2.24) is 9.97 Å². The number of carbonyl (C=O) groups is 1. The predicted molar refractivity (Wildman–Crippen MR) is 83.0 cm³/mol. The van der Waals surface area contributed by atoms with E-state index >= 15 is 0 Å². The molecular weight excluding hydrogens is 298 g/mol. The topological polar surface area (TPSA) is 98.1 Å². The molecule has 1 N–H and O–H groups in total. The highest BCUT2D eigenvalue weighted by Gasteiger charge is 2.21. The van der Waals surface area contributed by atoms with Gasteiger partial charge in [-0.15, -0.1) is 0 Å². The second-order valence-electron chi connectivity index (χ2n) is 5.05. The smallest absolute Gasteiger partial charge is 0.345 e. The minimum atomic E-state index is -0.749. The van der Waals surface area contributed by atoms with Crippen LogP contribution in [0.25, 0.3) is 11.0 Å². The SMILES string of the molecule is Cc1ccc([N+](=O)[O-])c(C(=O)OCc2nc3ccccc3[nH]2)c1. The summed E-state index contributed by atoms with van der Waals surface area (Å²) in [7, 11) is 0. The molecule has 0 saturated carbocycles. The van der Waals surface area contributed by atoms with Gasteiger partial charge in [-0.1, -0.05) is 18.2 Å². The summed E-state index contributed by atoms with van der Waals surface area (Å²) in [4.78, 5) is 29.9. The summed E-state index contributed by atoms with van der Waals surface area (Å²) in [5.74, 6) is -0.268. The standard InChI is InChI=1S/C16H13N3O4/c1-10-6-7-14(19(21)22)11(8-10)16(20)23-9-15-17-12-4-2-3-5-13(12)18-15/h2-8H,9H2,1H3,(H,17,18). The lowest BCUT2D eigenvalue weighted by Crippen LogP contribution is -2.09. The number of aromatic amines is 1. The van der Waals surface area contributed by atoms with Gasteiger partial charge in [0.1, 0.15) is 18.0 Å². The molecule has 7 nitrogen and oxygen atoms in total. The minimum Gasteiger partial charge on any atom is -0.454 e. The summed E-state index contributed by atoms with van der Waals surface area (Å²) in [6.45, 7) is 1.67. The Morgan fingerprint density at radius 3 is 2.83 bits per heavy atom. The summed E-state index contributed by atoms with van der Waals surface area (Å²) in [6, 6.07) is 11.7. The lowest BCUT2D eigenvalue weighted by molar-refractivity contribution is -0.385. The van der Waals surface area contributed by atoms with E-state index in [1.165, 1.54) is 12.1 Å². The van der Waals surface area contributed by atoms with Crippen molar-refractivity contribution in [2.75, 3.05) is 0 Å². The Morgan fingerprint density at radius 1 is 1.30 bits per heavy atom. The van der Waals surface area contributed by atoms with Crippen LogP contribution < -0.4 is 0 Å². The number of benzene rings is 2. The summed E-state index contributed by atoms with van der Waals surface area (Å²) in [5.41, 5.74) is 2.00. The summed E-state index contributed by atoms with van der Waals surface area (Å²) >= 11 is 0. The van der Waals surface area contributed by atoms with E-state index in [1.54, 1.807) is 13.0 Å². The maximum atomic E-state index is 12.1. The summed E-state index contributed by atoms with van der Waals surface area (Å²) in [5, 5.41) is 11.0. The minimum absolute atomic E-state index is 0.0638. The molecule has 23 heavy (non-hydrogen) atoms. The van der Waals surface area contributed by atoms with E-state index in [1.807, 2.05) is 24.3 Å². The lowest BCUT2D eigenvalue weighted by atomic mass is 10.1. The average molecular weight is 311 g/mol. The number of nitrogens with zero attached hydrogens (tertiary/aromatic N) is 2. The Labute approximate surface area is 131 Å². The van der Waals surface area contributed by atoms with Crippen LogP contribution in [0.3, 0.4) is 0 Å². The maximum absolute atomic E-state index is 12.1. The van der Waals surface area contributed by atoms with E-state index in [2.05, 4.69) is 9.97 Å². The van der Waals surface area contributed by atoms with Gasteiger partial charge in [-0.25, -0.2) is 9.78 Å². The molecule has 2 aromatic carbocycles. The number of hydrogen-bond donors (Lipinski definition) is 1. The fourth-order valence-corrected chi connectivity index (χ4v) is 2.26. The van der Waals surface area contributed by atoms with Crippen LogP contribution in [0.5, 0.6) is 0 Å². The van der Waals surface area contributed by atoms with Crippen LogP contribution in [-0.2, 0) is 11.3 Å². The van der Waals surface area contributed by atoms with Gasteiger partial charge in [0.15, 0.2) is 0 Å². The Bertz CT molecular complexity index is 868. The number of carbonyl (C=O) groups excluding carboxylic acids is 1. The van der Waals surface area contributed by atoms with Gasteiger partial charge in [0.25, 0.3) is 5.69 Å². The molecule has 0 aliphatic heterocycles. The van der Waals surface area contributed by atoms with Crippen molar-refractivity contribution in [2.45, 2.75) is 13.5 Å². The molecule has 7 heteroatoms. The number of nitro groups is 1. The van der Waals surface area contributed by atoms with Gasteiger partial charge < -0.3 is 9.72 Å². The highest BCUT2D eigenvalue weighted by Crippen LogP contribution is 2.21. The number of fused-ring (bicyclic) bond motifs is 1. The molecule has 0 atom stereocenters. The molecule has 0 unspecified atom stereocenters. The van der Waals surface area contributed by atoms with Crippen molar-refractivity contribution < 1.29 is 14.5 Å². The summed E-state index contributed by atoms with van der Waals surface area (Å²) < 4.78 is 5.15. The third kappa shape index (κ3) is 3.03. The van der Waals surface area contributed by atoms with Gasteiger partial charge in [0, 0.05) is 6.07 Å². The number of nitro benzene ring substituents is 1. The molecule has 0 aliphatic rings. The third-order valence-electron chi connectivity index (χ3n) is 3.35. The van der Waals surface area contributed by atoms with Crippen molar-refractivity contribution in [3.8, 4) is 0 Å². The maximum Gasteiger partial charge on any atom is 0.345 e. The van der Waals surface area contributed by atoms with E-state index < -0.39 is 10.9 Å². The molecule has 116 valence electrons. The van der Waals surface area contributed by atoms with E-state index in [4.69, 9.17) is 4.74 Å². The first kappa shape index (κ1) is 14.7.